The summed E-state index contributed by atoms with van der Waals surface area (Å²) < 4.78 is 2.08. The number of imidazole rings is 1. The van der Waals surface area contributed by atoms with Gasteiger partial charge in [-0.25, -0.2) is 4.98 Å². The van der Waals surface area contributed by atoms with Crippen molar-refractivity contribution >= 4 is 5.91 Å². The van der Waals surface area contributed by atoms with Crippen molar-refractivity contribution in [3.8, 4) is 0 Å². The number of aliphatic hydroxyl groups is 1. The number of nitrogens with zero attached hydrogens (tertiary/aromatic N) is 4. The Morgan fingerprint density at radius 1 is 1.19 bits per heavy atom. The van der Waals surface area contributed by atoms with Crippen molar-refractivity contribution in [2.75, 3.05) is 19.6 Å². The topological polar surface area (TPSA) is 61.6 Å². The Morgan fingerprint density at radius 2 is 2.04 bits per heavy atom. The molecule has 138 valence electrons. The van der Waals surface area contributed by atoms with Gasteiger partial charge in [-0.1, -0.05) is 30.3 Å². The number of hydrogen-bond acceptors (Lipinski definition) is 4. The Morgan fingerprint density at radius 3 is 2.88 bits per heavy atom. The van der Waals surface area contributed by atoms with E-state index in [1.807, 2.05) is 29.3 Å². The van der Waals surface area contributed by atoms with Crippen molar-refractivity contribution < 1.29 is 9.90 Å². The van der Waals surface area contributed by atoms with Gasteiger partial charge in [-0.3, -0.25) is 9.69 Å². The second-order valence-electron chi connectivity index (χ2n) is 7.55. The fraction of sp³-hybridized carbons (Fsp3) is 0.500. The maximum absolute atomic E-state index is 12.8. The van der Waals surface area contributed by atoms with Crippen molar-refractivity contribution in [3.05, 3.63) is 54.1 Å². The maximum atomic E-state index is 12.8. The second-order valence-corrected chi connectivity index (χ2v) is 7.55. The normalized spacial score (nSPS) is 23.7. The summed E-state index contributed by atoms with van der Waals surface area (Å²) in [6.07, 6.45) is 5.53. The smallest absolute Gasteiger partial charge is 0.225 e. The fourth-order valence-corrected chi connectivity index (χ4v) is 4.11. The van der Waals surface area contributed by atoms with E-state index in [4.69, 9.17) is 0 Å². The Labute approximate surface area is 154 Å². The lowest BCUT2D eigenvalue weighted by Crippen LogP contribution is -2.51. The monoisotopic (exact) mass is 354 g/mol. The molecule has 0 spiro atoms. The number of carbonyl (C=O) groups excluding carboxylic acids is 1. The van der Waals surface area contributed by atoms with E-state index < -0.39 is 5.60 Å². The van der Waals surface area contributed by atoms with Crippen molar-refractivity contribution in [3.63, 3.8) is 0 Å². The summed E-state index contributed by atoms with van der Waals surface area (Å²) >= 11 is 0. The molecule has 2 aromatic rings. The van der Waals surface area contributed by atoms with Gasteiger partial charge in [0, 0.05) is 38.6 Å². The zero-order chi connectivity index (χ0) is 18.0. The van der Waals surface area contributed by atoms with Gasteiger partial charge in [0.15, 0.2) is 0 Å². The van der Waals surface area contributed by atoms with Crippen LogP contribution < -0.4 is 0 Å². The molecule has 1 atom stereocenters. The first-order valence-corrected chi connectivity index (χ1v) is 9.38. The molecule has 3 heterocycles. The number of aromatic nitrogens is 2. The summed E-state index contributed by atoms with van der Waals surface area (Å²) in [5.41, 5.74) is 0.308. The predicted octanol–water partition coefficient (Wildman–Crippen LogP) is 1.64. The summed E-state index contributed by atoms with van der Waals surface area (Å²) in [4.78, 5) is 21.2. The Kier molecular flexibility index (Phi) is 4.78. The molecule has 0 bridgehead atoms. The molecule has 0 aliphatic carbocycles. The molecular weight excluding hydrogens is 328 g/mol. The van der Waals surface area contributed by atoms with Crippen molar-refractivity contribution in [1.82, 2.24) is 19.4 Å². The predicted molar refractivity (Wildman–Crippen MR) is 98.2 cm³/mol. The summed E-state index contributed by atoms with van der Waals surface area (Å²) in [5, 5.41) is 11.1. The molecule has 6 heteroatoms. The molecule has 0 radical (unpaired) electrons. The molecule has 1 aromatic heterocycles. The highest BCUT2D eigenvalue weighted by Gasteiger charge is 2.37. The lowest BCUT2D eigenvalue weighted by Gasteiger charge is -2.40. The zero-order valence-corrected chi connectivity index (χ0v) is 15.0. The van der Waals surface area contributed by atoms with Gasteiger partial charge in [0.25, 0.3) is 0 Å². The number of β-amino-alcohol motifs (C(OH)–C–C–N with tert-alkyl or cyclic N) is 1. The molecule has 1 unspecified atom stereocenters. The average Bonchev–Trinajstić information content (AvgIpc) is 3.10. The minimum Gasteiger partial charge on any atom is -0.388 e. The summed E-state index contributed by atoms with van der Waals surface area (Å²) in [6.45, 7) is 4.34. The van der Waals surface area contributed by atoms with Crippen LogP contribution in [0.1, 0.15) is 30.7 Å². The summed E-state index contributed by atoms with van der Waals surface area (Å²) in [7, 11) is 0. The highest BCUT2D eigenvalue weighted by molar-refractivity contribution is 5.77. The van der Waals surface area contributed by atoms with E-state index in [1.54, 1.807) is 6.20 Å². The van der Waals surface area contributed by atoms with E-state index in [2.05, 4.69) is 26.6 Å². The molecule has 1 amide bonds. The van der Waals surface area contributed by atoms with E-state index in [-0.39, 0.29) is 12.3 Å². The SMILES string of the molecule is O=C(CC1(O)CCCN(Cc2ccccc2)C1)N1CCn2ccnc2C1. The maximum Gasteiger partial charge on any atom is 0.225 e. The van der Waals surface area contributed by atoms with E-state index in [0.29, 0.717) is 26.1 Å². The van der Waals surface area contributed by atoms with Crippen LogP contribution in [-0.4, -0.2) is 55.6 Å². The second kappa shape index (κ2) is 7.21. The third kappa shape index (κ3) is 3.81. The van der Waals surface area contributed by atoms with Gasteiger partial charge >= 0.3 is 0 Å². The Bertz CT molecular complexity index is 760. The first kappa shape index (κ1) is 17.2. The third-order valence-electron chi connectivity index (χ3n) is 5.46. The highest BCUT2D eigenvalue weighted by atomic mass is 16.3. The van der Waals surface area contributed by atoms with Crippen LogP contribution in [0, 0.1) is 0 Å². The number of likely N-dealkylation sites (tertiary alicyclic amines) is 1. The van der Waals surface area contributed by atoms with E-state index >= 15 is 0 Å². The largest absolute Gasteiger partial charge is 0.388 e. The molecule has 1 N–H and O–H groups in total. The minimum absolute atomic E-state index is 0.0308. The minimum atomic E-state index is -0.934. The standard InChI is InChI=1S/C20H26N4O2/c25-19(24-12-11-23-10-8-21-18(23)15-24)13-20(26)7-4-9-22(16-20)14-17-5-2-1-3-6-17/h1-3,5-6,8,10,26H,4,7,9,11-16H2. The first-order valence-electron chi connectivity index (χ1n) is 9.38. The van der Waals surface area contributed by atoms with E-state index in [9.17, 15) is 9.90 Å². The average molecular weight is 354 g/mol. The molecule has 1 aromatic carbocycles. The van der Waals surface area contributed by atoms with Gasteiger partial charge in [-0.15, -0.1) is 0 Å². The van der Waals surface area contributed by atoms with Crippen LogP contribution in [0.2, 0.25) is 0 Å². The van der Waals surface area contributed by atoms with Crippen LogP contribution in [0.5, 0.6) is 0 Å². The van der Waals surface area contributed by atoms with Crippen LogP contribution >= 0.6 is 0 Å². The quantitative estimate of drug-likeness (QED) is 0.907. The van der Waals surface area contributed by atoms with Crippen LogP contribution in [0.25, 0.3) is 0 Å². The third-order valence-corrected chi connectivity index (χ3v) is 5.46. The zero-order valence-electron chi connectivity index (χ0n) is 15.0. The molecule has 2 aliphatic heterocycles. The van der Waals surface area contributed by atoms with Crippen molar-refractivity contribution in [1.29, 1.82) is 0 Å². The van der Waals surface area contributed by atoms with Gasteiger partial charge in [-0.2, -0.15) is 0 Å². The molecule has 26 heavy (non-hydrogen) atoms. The summed E-state index contributed by atoms with van der Waals surface area (Å²) in [5.74, 6) is 0.953. The number of carbonyl (C=O) groups is 1. The van der Waals surface area contributed by atoms with Gasteiger partial charge in [0.05, 0.1) is 18.6 Å². The van der Waals surface area contributed by atoms with E-state index in [1.165, 1.54) is 5.56 Å². The lowest BCUT2D eigenvalue weighted by atomic mass is 9.88. The molecule has 1 fully saturated rings. The van der Waals surface area contributed by atoms with Gasteiger partial charge in [0.1, 0.15) is 5.82 Å². The Balaban J connectivity index is 1.36. The van der Waals surface area contributed by atoms with Gasteiger partial charge < -0.3 is 14.6 Å². The van der Waals surface area contributed by atoms with Crippen LogP contribution in [0.3, 0.4) is 0 Å². The molecule has 1 saturated heterocycles. The number of piperidine rings is 1. The van der Waals surface area contributed by atoms with Crippen LogP contribution in [-0.2, 0) is 24.4 Å². The van der Waals surface area contributed by atoms with Crippen LogP contribution in [0.4, 0.5) is 0 Å². The number of benzene rings is 1. The number of rotatable bonds is 4. The summed E-state index contributed by atoms with van der Waals surface area (Å²) in [6, 6.07) is 10.3. The first-order chi connectivity index (χ1) is 12.6. The van der Waals surface area contributed by atoms with Crippen molar-refractivity contribution in [2.45, 2.75) is 44.5 Å². The molecule has 0 saturated carbocycles. The number of hydrogen-bond donors (Lipinski definition) is 1. The van der Waals surface area contributed by atoms with Gasteiger partial charge in [-0.05, 0) is 24.9 Å². The number of fused-ring (bicyclic) bond motifs is 1. The van der Waals surface area contributed by atoms with Crippen LogP contribution in [0.15, 0.2) is 42.7 Å². The molecule has 2 aliphatic rings. The van der Waals surface area contributed by atoms with Gasteiger partial charge in [0.2, 0.25) is 5.91 Å². The lowest BCUT2D eigenvalue weighted by molar-refractivity contribution is -0.140. The fourth-order valence-electron chi connectivity index (χ4n) is 4.11. The number of amides is 1. The Hall–Kier alpha value is -2.18. The molecular formula is C20H26N4O2. The molecule has 6 nitrogen and oxygen atoms in total. The van der Waals surface area contributed by atoms with E-state index in [0.717, 1.165) is 31.9 Å². The highest BCUT2D eigenvalue weighted by Crippen LogP contribution is 2.27. The van der Waals surface area contributed by atoms with Crippen molar-refractivity contribution in [2.24, 2.45) is 0 Å². The molecule has 4 rings (SSSR count).